The standard InChI is InChI=1S/C30H22BrNSi.C24H19NSi.C6H4BrI/c31-25-17-7-8-18-26(25)32-27-19-9-11-21-29(27)33(23-13-3-1-4-14-23,24-15-5-2-6-16-24)30-22-12-10-20-28(30)32;1-3-11-19(12-4-1)26(20-13-5-2-6-14-20)23-17-9-7-15-21(23)25-22-16-8-10-18-24(22)26;7-5-3-1-2-4-6(5)8/h1-22H;1-18,25H;1-4H. The molecule has 0 radical (unpaired) electrons. The van der Waals surface area contributed by atoms with E-state index in [0.29, 0.717) is 0 Å². The summed E-state index contributed by atoms with van der Waals surface area (Å²) in [5, 5.41) is 15.0. The maximum Gasteiger partial charge on any atom is 0.184 e. The van der Waals surface area contributed by atoms with E-state index in [1.54, 1.807) is 0 Å². The average Bonchev–Trinajstić information content (AvgIpc) is 3.40. The van der Waals surface area contributed by atoms with Gasteiger partial charge >= 0.3 is 0 Å². The normalized spacial score (nSPS) is 13.3. The number of para-hydroxylation sites is 5. The van der Waals surface area contributed by atoms with Gasteiger partial charge in [0, 0.05) is 35.3 Å². The van der Waals surface area contributed by atoms with Gasteiger partial charge in [0.25, 0.3) is 0 Å². The molecule has 2 nitrogen and oxygen atoms in total. The molecule has 0 saturated carbocycles. The van der Waals surface area contributed by atoms with Crippen molar-refractivity contribution in [1.82, 2.24) is 0 Å². The number of anilines is 5. The second kappa shape index (κ2) is 20.0. The number of hydrogen-bond acceptors (Lipinski definition) is 2. The van der Waals surface area contributed by atoms with Gasteiger partial charge in [-0.25, -0.2) is 0 Å². The van der Waals surface area contributed by atoms with E-state index in [4.69, 9.17) is 0 Å². The van der Waals surface area contributed by atoms with Crippen molar-refractivity contribution in [3.05, 3.63) is 279 Å². The van der Waals surface area contributed by atoms with E-state index in [1.165, 1.54) is 72.3 Å². The van der Waals surface area contributed by atoms with E-state index in [2.05, 4.69) is 313 Å². The molecule has 0 aromatic heterocycles. The molecule has 0 saturated heterocycles. The van der Waals surface area contributed by atoms with Gasteiger partial charge in [0.15, 0.2) is 16.1 Å². The van der Waals surface area contributed by atoms with Crippen LogP contribution in [0, 0.1) is 3.57 Å². The summed E-state index contributed by atoms with van der Waals surface area (Å²) in [4.78, 5) is 2.42. The van der Waals surface area contributed by atoms with Crippen molar-refractivity contribution in [2.24, 2.45) is 0 Å². The van der Waals surface area contributed by atoms with Crippen LogP contribution in [0.4, 0.5) is 28.4 Å². The fourth-order valence-electron chi connectivity index (χ4n) is 10.0. The molecule has 10 aromatic carbocycles. The van der Waals surface area contributed by atoms with Gasteiger partial charge in [0.05, 0.1) is 5.69 Å². The van der Waals surface area contributed by atoms with Crippen molar-refractivity contribution in [2.45, 2.75) is 0 Å². The second-order valence-corrected chi connectivity index (χ2v) is 26.8. The summed E-state index contributed by atoms with van der Waals surface area (Å²) in [6, 6.07) is 96.5. The zero-order valence-electron chi connectivity index (χ0n) is 36.5. The summed E-state index contributed by atoms with van der Waals surface area (Å²) in [5.74, 6) is 0. The van der Waals surface area contributed by atoms with Gasteiger partial charge in [-0.05, 0) is 144 Å². The molecule has 67 heavy (non-hydrogen) atoms. The van der Waals surface area contributed by atoms with Crippen LogP contribution in [0.3, 0.4) is 0 Å². The van der Waals surface area contributed by atoms with Crippen LogP contribution in [0.15, 0.2) is 276 Å². The second-order valence-electron chi connectivity index (χ2n) is 16.4. The highest BCUT2D eigenvalue weighted by Crippen LogP contribution is 2.41. The first-order valence-electron chi connectivity index (χ1n) is 22.3. The lowest BCUT2D eigenvalue weighted by Crippen LogP contribution is -2.77. The molecule has 0 atom stereocenters. The maximum atomic E-state index is 3.82. The van der Waals surface area contributed by atoms with Crippen molar-refractivity contribution in [2.75, 3.05) is 10.2 Å². The van der Waals surface area contributed by atoms with Crippen molar-refractivity contribution in [3.8, 4) is 0 Å². The van der Waals surface area contributed by atoms with E-state index < -0.39 is 16.1 Å². The number of nitrogens with zero attached hydrogens (tertiary/aromatic N) is 1. The summed E-state index contributed by atoms with van der Waals surface area (Å²) in [5.41, 5.74) is 6.11. The average molecular weight is 1140 g/mol. The van der Waals surface area contributed by atoms with Crippen LogP contribution in [-0.4, -0.2) is 16.1 Å². The molecule has 2 aliphatic rings. The van der Waals surface area contributed by atoms with Crippen LogP contribution >= 0.6 is 54.5 Å². The van der Waals surface area contributed by atoms with Gasteiger partial charge in [-0.15, -0.1) is 0 Å². The highest BCUT2D eigenvalue weighted by molar-refractivity contribution is 14.1. The third-order valence-corrected chi connectivity index (χ3v) is 25.6. The fraction of sp³-hybridized carbons (Fsp3) is 0. The molecule has 0 fully saturated rings. The molecule has 7 heteroatoms. The van der Waals surface area contributed by atoms with Crippen LogP contribution < -0.4 is 51.7 Å². The van der Waals surface area contributed by atoms with Gasteiger partial charge in [-0.1, -0.05) is 218 Å². The molecule has 10 aromatic rings. The largest absolute Gasteiger partial charge is 0.356 e. The highest BCUT2D eigenvalue weighted by atomic mass is 127. The predicted octanol–water partition coefficient (Wildman–Crippen LogP) is 11.8. The van der Waals surface area contributed by atoms with E-state index in [0.717, 1.165) is 10.2 Å². The number of fused-ring (bicyclic) bond motifs is 4. The summed E-state index contributed by atoms with van der Waals surface area (Å²) < 4.78 is 3.51. The van der Waals surface area contributed by atoms with Gasteiger partial charge in [0.2, 0.25) is 0 Å². The first-order chi connectivity index (χ1) is 33.0. The Morgan fingerprint density at radius 1 is 0.299 bits per heavy atom. The molecule has 12 rings (SSSR count). The molecule has 2 aliphatic heterocycles. The Morgan fingerprint density at radius 3 is 0.970 bits per heavy atom. The van der Waals surface area contributed by atoms with E-state index >= 15 is 0 Å². The Balaban J connectivity index is 0.000000137. The number of halogens is 3. The SMILES string of the molecule is Brc1ccccc1I.Brc1ccccc1N1c2ccccc2[Si](c2ccccc2)(c2ccccc2)c2ccccc21.c1ccc([Si]2(c3ccccc3)c3ccccc3Nc3ccccc32)cc1. The quantitative estimate of drug-likeness (QED) is 0.136. The minimum atomic E-state index is -2.53. The molecule has 2 heterocycles. The number of rotatable bonds is 5. The molecular formula is C60H45Br2IN2Si2. The lowest BCUT2D eigenvalue weighted by Gasteiger charge is -2.45. The Kier molecular flexibility index (Phi) is 13.4. The van der Waals surface area contributed by atoms with Crippen LogP contribution in [0.2, 0.25) is 0 Å². The summed E-state index contributed by atoms with van der Waals surface area (Å²) in [6.07, 6.45) is 0. The first kappa shape index (κ1) is 44.7. The van der Waals surface area contributed by atoms with Crippen LogP contribution in [0.1, 0.15) is 0 Å². The van der Waals surface area contributed by atoms with Crippen molar-refractivity contribution >= 4 is 141 Å². The third-order valence-electron chi connectivity index (χ3n) is 12.8. The number of hydrogen-bond donors (Lipinski definition) is 1. The third kappa shape index (κ3) is 8.27. The molecular weight excluding hydrogens is 1090 g/mol. The van der Waals surface area contributed by atoms with Crippen LogP contribution in [-0.2, 0) is 0 Å². The molecule has 0 aliphatic carbocycles. The van der Waals surface area contributed by atoms with Gasteiger partial charge in [-0.2, -0.15) is 0 Å². The molecule has 0 bridgehead atoms. The van der Waals surface area contributed by atoms with E-state index in [1.807, 2.05) is 18.2 Å². The fourth-order valence-corrected chi connectivity index (χ4v) is 21.3. The van der Waals surface area contributed by atoms with Crippen molar-refractivity contribution in [3.63, 3.8) is 0 Å². The predicted molar refractivity (Wildman–Crippen MR) is 306 cm³/mol. The summed E-state index contributed by atoms with van der Waals surface area (Å²) >= 11 is 9.49. The zero-order chi connectivity index (χ0) is 45.6. The molecule has 1 N–H and O–H groups in total. The van der Waals surface area contributed by atoms with Gasteiger partial charge < -0.3 is 10.2 Å². The number of benzene rings is 10. The van der Waals surface area contributed by atoms with Gasteiger partial charge in [0.1, 0.15) is 0 Å². The van der Waals surface area contributed by atoms with Crippen LogP contribution in [0.25, 0.3) is 0 Å². The van der Waals surface area contributed by atoms with E-state index in [-0.39, 0.29) is 0 Å². The minimum Gasteiger partial charge on any atom is -0.356 e. The first-order valence-corrected chi connectivity index (χ1v) is 29.0. The Bertz CT molecular complexity index is 3090. The van der Waals surface area contributed by atoms with Crippen molar-refractivity contribution in [1.29, 1.82) is 0 Å². The monoisotopic (exact) mass is 1130 g/mol. The van der Waals surface area contributed by atoms with Crippen LogP contribution in [0.5, 0.6) is 0 Å². The maximum absolute atomic E-state index is 3.82. The smallest absolute Gasteiger partial charge is 0.184 e. The summed E-state index contributed by atoms with van der Waals surface area (Å²) in [6.45, 7) is 0. The lowest BCUT2D eigenvalue weighted by molar-refractivity contribution is 1.28. The highest BCUT2D eigenvalue weighted by Gasteiger charge is 2.49. The number of nitrogens with one attached hydrogen (secondary N) is 1. The molecule has 0 unspecified atom stereocenters. The minimum absolute atomic E-state index is 1.09. The lowest BCUT2D eigenvalue weighted by atomic mass is 10.2. The Labute approximate surface area is 426 Å². The van der Waals surface area contributed by atoms with Gasteiger partial charge in [-0.3, -0.25) is 0 Å². The Morgan fingerprint density at radius 2 is 0.597 bits per heavy atom. The Hall–Kier alpha value is -6.08. The summed E-state index contributed by atoms with van der Waals surface area (Å²) in [7, 11) is -4.86. The zero-order valence-corrected chi connectivity index (χ0v) is 43.8. The topological polar surface area (TPSA) is 15.3 Å². The molecule has 0 spiro atoms. The molecule has 0 amide bonds. The molecule has 324 valence electrons. The van der Waals surface area contributed by atoms with E-state index in [9.17, 15) is 0 Å². The van der Waals surface area contributed by atoms with Crippen molar-refractivity contribution < 1.29 is 0 Å².